The Balaban J connectivity index is 1.84. The number of allylic oxidation sites excluding steroid dienone is 2. The summed E-state index contributed by atoms with van der Waals surface area (Å²) < 4.78 is 15.1. The first-order valence-electron chi connectivity index (χ1n) is 6.02. The molecule has 0 saturated carbocycles. The van der Waals surface area contributed by atoms with Gasteiger partial charge in [-0.05, 0) is 30.9 Å². The molecule has 0 aliphatic carbocycles. The van der Waals surface area contributed by atoms with Gasteiger partial charge in [0, 0.05) is 22.1 Å². The van der Waals surface area contributed by atoms with E-state index in [4.69, 9.17) is 11.6 Å². The standard InChI is InChI=1S/C14H13ClFNOS2/c1-9(18)13-14(10-3-5-11(16)6-4-10)20(13,2)19-17-8-12(17)7-15/h3-6,8H,7H2,1-2H3. The van der Waals surface area contributed by atoms with Crippen molar-refractivity contribution in [2.45, 2.75) is 6.92 Å². The minimum absolute atomic E-state index is 0.101. The number of benzene rings is 1. The van der Waals surface area contributed by atoms with Crippen LogP contribution in [0.5, 0.6) is 0 Å². The quantitative estimate of drug-likeness (QED) is 0.451. The first kappa shape index (κ1) is 14.0. The number of ketones is 1. The van der Waals surface area contributed by atoms with Gasteiger partial charge in [0.25, 0.3) is 0 Å². The first-order chi connectivity index (χ1) is 9.47. The Morgan fingerprint density at radius 2 is 2.05 bits per heavy atom. The number of alkyl halides is 1. The molecule has 0 fully saturated rings. The fourth-order valence-corrected chi connectivity index (χ4v) is 8.57. The Hall–Kier alpha value is -0.910. The summed E-state index contributed by atoms with van der Waals surface area (Å²) in [5, 5.41) is 0. The van der Waals surface area contributed by atoms with Gasteiger partial charge in [-0.25, -0.2) is 4.39 Å². The van der Waals surface area contributed by atoms with Crippen LogP contribution in [0, 0.1) is 5.82 Å². The van der Waals surface area contributed by atoms with E-state index in [1.165, 1.54) is 12.1 Å². The number of rotatable bonds is 5. The second-order valence-corrected chi connectivity index (χ2v) is 10.5. The van der Waals surface area contributed by atoms with Gasteiger partial charge in [-0.15, -0.1) is 20.7 Å². The monoisotopic (exact) mass is 329 g/mol. The summed E-state index contributed by atoms with van der Waals surface area (Å²) in [5.41, 5.74) is 2.02. The third kappa shape index (κ3) is 2.28. The normalized spacial score (nSPS) is 27.0. The van der Waals surface area contributed by atoms with Crippen LogP contribution in [0.2, 0.25) is 0 Å². The summed E-state index contributed by atoms with van der Waals surface area (Å²) in [6, 6.07) is 6.35. The molecule has 1 aromatic rings. The molecule has 20 heavy (non-hydrogen) atoms. The van der Waals surface area contributed by atoms with E-state index < -0.39 is 9.06 Å². The molecule has 0 N–H and O–H groups in total. The maximum Gasteiger partial charge on any atom is 0.166 e. The lowest BCUT2D eigenvalue weighted by atomic mass is 10.2. The van der Waals surface area contributed by atoms with Crippen LogP contribution < -0.4 is 0 Å². The van der Waals surface area contributed by atoms with Crippen molar-refractivity contribution >= 4 is 42.3 Å². The van der Waals surface area contributed by atoms with E-state index in [0.717, 1.165) is 21.1 Å². The number of hydrogen-bond donors (Lipinski definition) is 0. The Morgan fingerprint density at radius 1 is 1.40 bits per heavy atom. The zero-order valence-electron chi connectivity index (χ0n) is 11.0. The Morgan fingerprint density at radius 3 is 2.55 bits per heavy atom. The van der Waals surface area contributed by atoms with E-state index in [0.29, 0.717) is 5.88 Å². The smallest absolute Gasteiger partial charge is 0.166 e. The third-order valence-corrected chi connectivity index (χ3v) is 8.95. The summed E-state index contributed by atoms with van der Waals surface area (Å²) >= 11 is 5.78. The number of carbonyl (C=O) groups is 1. The SMILES string of the molecule is CC(=O)C1=C(c2ccc(F)cc2)S1(C)SN1C=C1CCl. The zero-order chi connectivity index (χ0) is 14.5. The van der Waals surface area contributed by atoms with E-state index in [1.807, 2.05) is 10.5 Å². The molecule has 1 unspecified atom stereocenters. The highest BCUT2D eigenvalue weighted by molar-refractivity contribution is 9.02. The summed E-state index contributed by atoms with van der Waals surface area (Å²) in [6.45, 7) is 1.59. The maximum atomic E-state index is 13.0. The highest BCUT2D eigenvalue weighted by atomic mass is 35.5. The van der Waals surface area contributed by atoms with Crippen LogP contribution in [0.4, 0.5) is 4.39 Å². The lowest BCUT2D eigenvalue weighted by Gasteiger charge is -2.20. The summed E-state index contributed by atoms with van der Waals surface area (Å²) in [5.74, 6) is 0.327. The fraction of sp³-hybridized carbons (Fsp3) is 0.214. The first-order valence-corrected chi connectivity index (χ1v) is 9.89. The molecular formula is C14H13ClFNOS2. The maximum absolute atomic E-state index is 13.0. The highest BCUT2D eigenvalue weighted by Crippen LogP contribution is 2.87. The van der Waals surface area contributed by atoms with Crippen LogP contribution >= 0.6 is 31.6 Å². The van der Waals surface area contributed by atoms with Crippen LogP contribution in [-0.2, 0) is 4.79 Å². The van der Waals surface area contributed by atoms with Crippen LogP contribution in [0.25, 0.3) is 4.91 Å². The molecule has 0 radical (unpaired) electrons. The molecule has 1 atom stereocenters. The molecule has 2 aliphatic heterocycles. The Bertz CT molecular complexity index is 656. The van der Waals surface area contributed by atoms with Gasteiger partial charge in [-0.1, -0.05) is 12.1 Å². The molecule has 0 bridgehead atoms. The zero-order valence-corrected chi connectivity index (χ0v) is 13.4. The second kappa shape index (κ2) is 4.83. The van der Waals surface area contributed by atoms with Crippen LogP contribution in [0.3, 0.4) is 0 Å². The minimum Gasteiger partial charge on any atom is -0.294 e. The van der Waals surface area contributed by atoms with Gasteiger partial charge >= 0.3 is 0 Å². The van der Waals surface area contributed by atoms with Gasteiger partial charge in [0.15, 0.2) is 5.78 Å². The molecule has 0 saturated heterocycles. The van der Waals surface area contributed by atoms with Gasteiger partial charge in [-0.3, -0.25) is 9.10 Å². The van der Waals surface area contributed by atoms with Crippen LogP contribution in [0.1, 0.15) is 12.5 Å². The predicted octanol–water partition coefficient (Wildman–Crippen LogP) is 4.49. The van der Waals surface area contributed by atoms with Crippen molar-refractivity contribution in [2.75, 3.05) is 12.1 Å². The van der Waals surface area contributed by atoms with E-state index in [-0.39, 0.29) is 11.6 Å². The number of carbonyl (C=O) groups excluding carboxylic acids is 1. The number of halogens is 2. The topological polar surface area (TPSA) is 20.1 Å². The molecule has 2 heterocycles. The van der Waals surface area contributed by atoms with Gasteiger partial charge in [0.1, 0.15) is 5.82 Å². The molecule has 6 heteroatoms. The summed E-state index contributed by atoms with van der Waals surface area (Å²) in [7, 11) is 0.354. The Labute approximate surface area is 127 Å². The minimum atomic E-state index is -1.31. The molecule has 2 aliphatic rings. The molecule has 0 aromatic heterocycles. The fourth-order valence-electron chi connectivity index (χ4n) is 2.17. The molecule has 2 nitrogen and oxygen atoms in total. The van der Waals surface area contributed by atoms with Gasteiger partial charge in [0.2, 0.25) is 0 Å². The number of hydrogen-bond acceptors (Lipinski definition) is 3. The van der Waals surface area contributed by atoms with Crippen molar-refractivity contribution in [3.8, 4) is 0 Å². The summed E-state index contributed by atoms with van der Waals surface area (Å²) in [4.78, 5) is 13.8. The predicted molar refractivity (Wildman–Crippen MR) is 85.7 cm³/mol. The molecule has 106 valence electrons. The number of nitrogens with zero attached hydrogens (tertiary/aromatic N) is 1. The number of Topliss-reactive ketones (excluding diaryl/α,β-unsaturated/α-hetero) is 1. The molecule has 0 spiro atoms. The highest BCUT2D eigenvalue weighted by Gasteiger charge is 2.51. The van der Waals surface area contributed by atoms with Crippen molar-refractivity contribution in [3.05, 3.63) is 52.4 Å². The third-order valence-electron chi connectivity index (χ3n) is 3.22. The molecular weight excluding hydrogens is 317 g/mol. The van der Waals surface area contributed by atoms with Crippen LogP contribution in [0.15, 0.2) is 41.1 Å². The summed E-state index contributed by atoms with van der Waals surface area (Å²) in [6.07, 6.45) is 4.08. The largest absolute Gasteiger partial charge is 0.294 e. The van der Waals surface area contributed by atoms with E-state index in [2.05, 4.69) is 6.26 Å². The molecule has 1 aromatic carbocycles. The molecule has 3 rings (SSSR count). The van der Waals surface area contributed by atoms with E-state index in [9.17, 15) is 9.18 Å². The van der Waals surface area contributed by atoms with Gasteiger partial charge in [0.05, 0.1) is 16.5 Å². The second-order valence-electron chi connectivity index (χ2n) is 4.72. The van der Waals surface area contributed by atoms with Crippen molar-refractivity contribution in [2.24, 2.45) is 0 Å². The van der Waals surface area contributed by atoms with Crippen molar-refractivity contribution in [3.63, 3.8) is 0 Å². The lowest BCUT2D eigenvalue weighted by Crippen LogP contribution is -1.92. The van der Waals surface area contributed by atoms with Crippen molar-refractivity contribution in [1.29, 1.82) is 0 Å². The Kier molecular flexibility index (Phi) is 3.39. The van der Waals surface area contributed by atoms with E-state index >= 15 is 0 Å². The van der Waals surface area contributed by atoms with Crippen molar-refractivity contribution in [1.82, 2.24) is 4.31 Å². The van der Waals surface area contributed by atoms with Gasteiger partial charge < -0.3 is 0 Å². The molecule has 0 amide bonds. The van der Waals surface area contributed by atoms with E-state index in [1.54, 1.807) is 30.0 Å². The lowest BCUT2D eigenvalue weighted by molar-refractivity contribution is -0.112. The van der Waals surface area contributed by atoms with Crippen LogP contribution in [-0.4, -0.2) is 22.2 Å². The van der Waals surface area contributed by atoms with Gasteiger partial charge in [-0.2, -0.15) is 0 Å². The van der Waals surface area contributed by atoms with Crippen molar-refractivity contribution < 1.29 is 9.18 Å². The average Bonchev–Trinajstić information content (AvgIpc) is 3.27. The average molecular weight is 330 g/mol.